The molecule has 2 fully saturated rings. The number of hydrogen-bond acceptors (Lipinski definition) is 3. The van der Waals surface area contributed by atoms with Crippen LogP contribution in [0.5, 0.6) is 0 Å². The molecule has 0 spiro atoms. The zero-order chi connectivity index (χ0) is 15.1. The van der Waals surface area contributed by atoms with Gasteiger partial charge in [0.15, 0.2) is 0 Å². The number of aliphatic hydroxyl groups is 1. The minimum Gasteiger partial charge on any atom is -0.392 e. The fraction of sp³-hybridized carbons (Fsp3) is 0.474. The second kappa shape index (κ2) is 5.47. The molecule has 2 saturated carbocycles. The predicted molar refractivity (Wildman–Crippen MR) is 86.3 cm³/mol. The van der Waals surface area contributed by atoms with E-state index in [4.69, 9.17) is 0 Å². The summed E-state index contributed by atoms with van der Waals surface area (Å²) in [6, 6.07) is 8.02. The van der Waals surface area contributed by atoms with Gasteiger partial charge < -0.3 is 5.11 Å². The van der Waals surface area contributed by atoms with Crippen LogP contribution in [0.3, 0.4) is 0 Å². The van der Waals surface area contributed by atoms with Gasteiger partial charge in [0, 0.05) is 11.5 Å². The lowest BCUT2D eigenvalue weighted by Gasteiger charge is -2.23. The molecule has 2 bridgehead atoms. The van der Waals surface area contributed by atoms with Crippen LogP contribution in [0, 0.1) is 18.8 Å². The van der Waals surface area contributed by atoms with E-state index < -0.39 is 0 Å². The summed E-state index contributed by atoms with van der Waals surface area (Å²) in [5, 5.41) is 9.34. The molecule has 0 aliphatic heterocycles. The Morgan fingerprint density at radius 3 is 2.82 bits per heavy atom. The van der Waals surface area contributed by atoms with E-state index in [-0.39, 0.29) is 6.61 Å². The Labute approximate surface area is 131 Å². The number of fused-ring (bicyclic) bond motifs is 2. The molecule has 0 radical (unpaired) electrons. The van der Waals surface area contributed by atoms with Gasteiger partial charge in [-0.3, -0.25) is 0 Å². The van der Waals surface area contributed by atoms with Crippen molar-refractivity contribution in [1.29, 1.82) is 0 Å². The molecule has 4 rings (SSSR count). The first kappa shape index (κ1) is 13.9. The first-order valence-electron chi connectivity index (χ1n) is 8.28. The third kappa shape index (κ3) is 2.24. The summed E-state index contributed by atoms with van der Waals surface area (Å²) in [7, 11) is 0. The van der Waals surface area contributed by atoms with Gasteiger partial charge in [-0.1, -0.05) is 24.6 Å². The van der Waals surface area contributed by atoms with E-state index in [9.17, 15) is 5.11 Å². The van der Waals surface area contributed by atoms with E-state index in [2.05, 4.69) is 23.0 Å². The number of rotatable bonds is 3. The molecule has 2 aliphatic rings. The Hall–Kier alpha value is -1.74. The van der Waals surface area contributed by atoms with Crippen LogP contribution in [0.4, 0.5) is 0 Å². The fourth-order valence-electron chi connectivity index (χ4n) is 4.53. The molecule has 3 heteroatoms. The molecular formula is C19H22N2O. The summed E-state index contributed by atoms with van der Waals surface area (Å²) in [5.41, 5.74) is 5.50. The molecule has 0 saturated heterocycles. The Morgan fingerprint density at radius 2 is 2.09 bits per heavy atom. The maximum absolute atomic E-state index is 9.34. The van der Waals surface area contributed by atoms with Crippen molar-refractivity contribution in [2.75, 3.05) is 0 Å². The highest BCUT2D eigenvalue weighted by Crippen LogP contribution is 2.53. The molecule has 3 unspecified atom stereocenters. The molecule has 3 nitrogen and oxygen atoms in total. The van der Waals surface area contributed by atoms with Gasteiger partial charge >= 0.3 is 0 Å². The number of nitrogens with zero attached hydrogens (tertiary/aromatic N) is 2. The normalized spacial score (nSPS) is 26.5. The van der Waals surface area contributed by atoms with E-state index >= 15 is 0 Å². The van der Waals surface area contributed by atoms with Crippen LogP contribution >= 0.6 is 0 Å². The SMILES string of the molecule is Cc1c(-c2cccc(CO)c2)ncnc1C1CC2CCC1C2. The molecular weight excluding hydrogens is 272 g/mol. The van der Waals surface area contributed by atoms with Crippen molar-refractivity contribution in [1.82, 2.24) is 9.97 Å². The third-order valence-corrected chi connectivity index (χ3v) is 5.60. The topological polar surface area (TPSA) is 46.0 Å². The summed E-state index contributed by atoms with van der Waals surface area (Å²) >= 11 is 0. The summed E-state index contributed by atoms with van der Waals surface area (Å²) in [4.78, 5) is 9.17. The Bertz CT molecular complexity index is 698. The maximum Gasteiger partial charge on any atom is 0.116 e. The highest BCUT2D eigenvalue weighted by atomic mass is 16.3. The van der Waals surface area contributed by atoms with Crippen molar-refractivity contribution in [3.63, 3.8) is 0 Å². The lowest BCUT2D eigenvalue weighted by molar-refractivity contribution is 0.282. The standard InChI is InChI=1S/C19H22N2O/c1-12-18(16-4-2-3-14(8-16)10-22)20-11-21-19(12)17-9-13-5-6-15(17)7-13/h2-4,8,11,13,15,17,22H,5-7,9-10H2,1H3. The van der Waals surface area contributed by atoms with Crippen molar-refractivity contribution in [3.8, 4) is 11.3 Å². The smallest absolute Gasteiger partial charge is 0.116 e. The zero-order valence-electron chi connectivity index (χ0n) is 13.0. The van der Waals surface area contributed by atoms with Gasteiger partial charge in [0.25, 0.3) is 0 Å². The maximum atomic E-state index is 9.34. The van der Waals surface area contributed by atoms with Gasteiger partial charge in [0.2, 0.25) is 0 Å². The van der Waals surface area contributed by atoms with E-state index in [1.165, 1.54) is 36.9 Å². The predicted octanol–water partition coefficient (Wildman–Crippen LogP) is 3.85. The molecule has 1 heterocycles. The average molecular weight is 294 g/mol. The molecule has 3 atom stereocenters. The van der Waals surface area contributed by atoms with Gasteiger partial charge in [0.05, 0.1) is 18.0 Å². The molecule has 1 aromatic heterocycles. The Balaban J connectivity index is 1.73. The van der Waals surface area contributed by atoms with Gasteiger partial charge in [-0.15, -0.1) is 0 Å². The van der Waals surface area contributed by atoms with Crippen LogP contribution < -0.4 is 0 Å². The van der Waals surface area contributed by atoms with Gasteiger partial charge in [-0.05, 0) is 55.2 Å². The largest absolute Gasteiger partial charge is 0.392 e. The van der Waals surface area contributed by atoms with E-state index in [1.807, 2.05) is 18.2 Å². The van der Waals surface area contributed by atoms with Crippen LogP contribution in [0.1, 0.15) is 48.4 Å². The Morgan fingerprint density at radius 1 is 1.18 bits per heavy atom. The summed E-state index contributed by atoms with van der Waals surface area (Å²) in [6.45, 7) is 2.22. The summed E-state index contributed by atoms with van der Waals surface area (Å²) < 4.78 is 0. The third-order valence-electron chi connectivity index (χ3n) is 5.60. The van der Waals surface area contributed by atoms with Crippen LogP contribution in [0.25, 0.3) is 11.3 Å². The van der Waals surface area contributed by atoms with Crippen LogP contribution in [0.15, 0.2) is 30.6 Å². The first-order valence-corrected chi connectivity index (χ1v) is 8.28. The monoisotopic (exact) mass is 294 g/mol. The van der Waals surface area contributed by atoms with Crippen LogP contribution in [0.2, 0.25) is 0 Å². The number of hydrogen-bond donors (Lipinski definition) is 1. The molecule has 22 heavy (non-hydrogen) atoms. The lowest BCUT2D eigenvalue weighted by atomic mass is 9.84. The van der Waals surface area contributed by atoms with E-state index in [0.29, 0.717) is 5.92 Å². The molecule has 114 valence electrons. The summed E-state index contributed by atoms with van der Waals surface area (Å²) in [6.07, 6.45) is 7.20. The number of aliphatic hydroxyl groups excluding tert-OH is 1. The van der Waals surface area contributed by atoms with Gasteiger partial charge in [-0.25, -0.2) is 9.97 Å². The van der Waals surface area contributed by atoms with Crippen LogP contribution in [-0.2, 0) is 6.61 Å². The quantitative estimate of drug-likeness (QED) is 0.935. The Kier molecular flexibility index (Phi) is 3.45. The lowest BCUT2D eigenvalue weighted by Crippen LogP contribution is -2.12. The number of aromatic nitrogens is 2. The first-order chi connectivity index (χ1) is 10.8. The fourth-order valence-corrected chi connectivity index (χ4v) is 4.53. The highest BCUT2D eigenvalue weighted by molar-refractivity contribution is 5.64. The molecule has 1 N–H and O–H groups in total. The summed E-state index contributed by atoms with van der Waals surface area (Å²) in [5.74, 6) is 2.38. The van der Waals surface area contributed by atoms with Gasteiger partial charge in [0.1, 0.15) is 6.33 Å². The van der Waals surface area contributed by atoms with Crippen molar-refractivity contribution in [2.45, 2.75) is 45.1 Å². The van der Waals surface area contributed by atoms with Crippen molar-refractivity contribution < 1.29 is 5.11 Å². The minimum absolute atomic E-state index is 0.0667. The second-order valence-corrected chi connectivity index (χ2v) is 6.87. The molecule has 2 aromatic rings. The van der Waals surface area contributed by atoms with Crippen molar-refractivity contribution in [2.24, 2.45) is 11.8 Å². The molecule has 0 amide bonds. The second-order valence-electron chi connectivity index (χ2n) is 6.87. The number of benzene rings is 1. The van der Waals surface area contributed by atoms with Crippen molar-refractivity contribution in [3.05, 3.63) is 47.4 Å². The highest BCUT2D eigenvalue weighted by Gasteiger charge is 2.41. The average Bonchev–Trinajstić information content (AvgIpc) is 3.18. The molecule has 2 aliphatic carbocycles. The van der Waals surface area contributed by atoms with E-state index in [1.54, 1.807) is 6.33 Å². The zero-order valence-corrected chi connectivity index (χ0v) is 13.0. The van der Waals surface area contributed by atoms with Crippen LogP contribution in [-0.4, -0.2) is 15.1 Å². The minimum atomic E-state index is 0.0667. The molecule has 1 aromatic carbocycles. The van der Waals surface area contributed by atoms with E-state index in [0.717, 1.165) is 28.7 Å². The van der Waals surface area contributed by atoms with Crippen molar-refractivity contribution >= 4 is 0 Å². The van der Waals surface area contributed by atoms with Gasteiger partial charge in [-0.2, -0.15) is 0 Å².